The van der Waals surface area contributed by atoms with E-state index in [9.17, 15) is 9.50 Å². The predicted octanol–water partition coefficient (Wildman–Crippen LogP) is 2.52. The van der Waals surface area contributed by atoms with Crippen molar-refractivity contribution in [3.8, 4) is 0 Å². The van der Waals surface area contributed by atoms with Gasteiger partial charge < -0.3 is 20.1 Å². The molecule has 2 fully saturated rings. The average Bonchev–Trinajstić information content (AvgIpc) is 3.06. The van der Waals surface area contributed by atoms with Crippen molar-refractivity contribution in [1.29, 1.82) is 0 Å². The van der Waals surface area contributed by atoms with Gasteiger partial charge in [-0.3, -0.25) is 4.99 Å². The summed E-state index contributed by atoms with van der Waals surface area (Å²) in [5.74, 6) is 0.628. The third-order valence-corrected chi connectivity index (χ3v) is 5.22. The Hall–Kier alpha value is -0.930. The van der Waals surface area contributed by atoms with Crippen molar-refractivity contribution in [2.45, 2.75) is 37.7 Å². The van der Waals surface area contributed by atoms with Gasteiger partial charge in [0.2, 0.25) is 0 Å². The van der Waals surface area contributed by atoms with Crippen LogP contribution < -0.4 is 5.32 Å². The second-order valence-electron chi connectivity index (χ2n) is 6.96. The van der Waals surface area contributed by atoms with Gasteiger partial charge >= 0.3 is 0 Å². The van der Waals surface area contributed by atoms with E-state index in [0.29, 0.717) is 26.3 Å². The van der Waals surface area contributed by atoms with Crippen LogP contribution in [0, 0.1) is 5.82 Å². The van der Waals surface area contributed by atoms with E-state index in [1.165, 1.54) is 6.07 Å². The molecule has 3 rings (SSSR count). The molecule has 146 valence electrons. The zero-order valence-corrected chi connectivity index (χ0v) is 17.6. The number of aliphatic hydroxyl groups excluding tert-OH is 1. The molecule has 1 atom stereocenters. The van der Waals surface area contributed by atoms with Gasteiger partial charge in [0.15, 0.2) is 5.96 Å². The lowest BCUT2D eigenvalue weighted by Gasteiger charge is -2.37. The van der Waals surface area contributed by atoms with Gasteiger partial charge in [0.05, 0.1) is 12.6 Å². The molecule has 1 aromatic rings. The van der Waals surface area contributed by atoms with Crippen LogP contribution in [-0.4, -0.2) is 61.5 Å². The molecule has 2 aliphatic heterocycles. The fraction of sp³-hybridized carbons (Fsp3) is 0.632. The van der Waals surface area contributed by atoms with Crippen LogP contribution in [0.1, 0.15) is 31.7 Å². The van der Waals surface area contributed by atoms with E-state index >= 15 is 0 Å². The molecule has 7 heteroatoms. The normalized spacial score (nSPS) is 22.8. The number of halogens is 2. The first-order valence-electron chi connectivity index (χ1n) is 9.18. The molecule has 2 aliphatic rings. The number of hydrogen-bond donors (Lipinski definition) is 2. The fourth-order valence-corrected chi connectivity index (χ4v) is 3.70. The number of aliphatic imine (C=N–C) groups is 1. The van der Waals surface area contributed by atoms with Crippen LogP contribution in [0.3, 0.4) is 0 Å². The van der Waals surface area contributed by atoms with Crippen molar-refractivity contribution in [2.75, 3.05) is 39.4 Å². The summed E-state index contributed by atoms with van der Waals surface area (Å²) >= 11 is 0. The minimum Gasteiger partial charge on any atom is -0.391 e. The third kappa shape index (κ3) is 5.07. The maximum Gasteiger partial charge on any atom is 0.194 e. The van der Waals surface area contributed by atoms with E-state index in [2.05, 4.69) is 10.2 Å². The van der Waals surface area contributed by atoms with Crippen LogP contribution in [0.2, 0.25) is 0 Å². The summed E-state index contributed by atoms with van der Waals surface area (Å²) in [5.41, 5.74) is 0.802. The van der Waals surface area contributed by atoms with Gasteiger partial charge in [-0.25, -0.2) is 4.39 Å². The first-order chi connectivity index (χ1) is 12.1. The van der Waals surface area contributed by atoms with Gasteiger partial charge in [-0.15, -0.1) is 24.0 Å². The standard InChI is InChI=1S/C19H28FN3O2.HI/c1-2-21-18(23-9-6-17(24)13-23)22-14-19(7-10-25-11-8-19)15-4-3-5-16(20)12-15;/h3-5,12,17,24H,2,6-11,13-14H2,1H3,(H,21,22);1H/t17-;/m1./s1. The van der Waals surface area contributed by atoms with Gasteiger partial charge in [-0.2, -0.15) is 0 Å². The Bertz CT molecular complexity index is 608. The van der Waals surface area contributed by atoms with Crippen molar-refractivity contribution in [3.05, 3.63) is 35.6 Å². The second-order valence-corrected chi connectivity index (χ2v) is 6.96. The van der Waals surface area contributed by atoms with E-state index in [0.717, 1.165) is 43.9 Å². The highest BCUT2D eigenvalue weighted by molar-refractivity contribution is 14.0. The number of nitrogens with zero attached hydrogens (tertiary/aromatic N) is 2. The van der Waals surface area contributed by atoms with E-state index in [1.54, 1.807) is 12.1 Å². The molecule has 0 amide bonds. The molecule has 0 spiro atoms. The van der Waals surface area contributed by atoms with Crippen LogP contribution >= 0.6 is 24.0 Å². The highest BCUT2D eigenvalue weighted by Crippen LogP contribution is 2.35. The quantitative estimate of drug-likeness (QED) is 0.398. The van der Waals surface area contributed by atoms with Crippen LogP contribution in [0.25, 0.3) is 0 Å². The lowest BCUT2D eigenvalue weighted by Crippen LogP contribution is -2.43. The molecular weight excluding hydrogens is 448 g/mol. The van der Waals surface area contributed by atoms with E-state index < -0.39 is 0 Å². The number of guanidine groups is 1. The van der Waals surface area contributed by atoms with Crippen molar-refractivity contribution in [1.82, 2.24) is 10.2 Å². The van der Waals surface area contributed by atoms with Crippen molar-refractivity contribution < 1.29 is 14.2 Å². The number of β-amino-alcohol motifs (C(OH)–C–C–N with tert-alkyl or cyclic N) is 1. The largest absolute Gasteiger partial charge is 0.391 e. The van der Waals surface area contributed by atoms with Crippen LogP contribution in [-0.2, 0) is 10.2 Å². The topological polar surface area (TPSA) is 57.1 Å². The van der Waals surface area contributed by atoms with Gasteiger partial charge in [-0.1, -0.05) is 12.1 Å². The Morgan fingerprint density at radius 1 is 1.42 bits per heavy atom. The minimum atomic E-state index is -0.288. The predicted molar refractivity (Wildman–Crippen MR) is 112 cm³/mol. The smallest absolute Gasteiger partial charge is 0.194 e. The Balaban J connectivity index is 0.00000243. The number of benzene rings is 1. The monoisotopic (exact) mass is 477 g/mol. The molecule has 26 heavy (non-hydrogen) atoms. The Morgan fingerprint density at radius 2 is 2.19 bits per heavy atom. The minimum absolute atomic E-state index is 0. The summed E-state index contributed by atoms with van der Waals surface area (Å²) in [6.45, 7) is 6.18. The lowest BCUT2D eigenvalue weighted by molar-refractivity contribution is 0.0529. The average molecular weight is 477 g/mol. The molecule has 0 aliphatic carbocycles. The number of ether oxygens (including phenoxy) is 1. The molecule has 2 heterocycles. The van der Waals surface area contributed by atoms with E-state index in [-0.39, 0.29) is 41.3 Å². The van der Waals surface area contributed by atoms with Gasteiger partial charge in [-0.05, 0) is 43.9 Å². The molecule has 5 nitrogen and oxygen atoms in total. The molecule has 0 radical (unpaired) electrons. The van der Waals surface area contributed by atoms with Gasteiger partial charge in [0, 0.05) is 38.3 Å². The van der Waals surface area contributed by atoms with Crippen LogP contribution in [0.4, 0.5) is 4.39 Å². The molecule has 0 saturated carbocycles. The Labute approximate surface area is 172 Å². The summed E-state index contributed by atoms with van der Waals surface area (Å²) in [4.78, 5) is 6.98. The van der Waals surface area contributed by atoms with Crippen molar-refractivity contribution in [3.63, 3.8) is 0 Å². The summed E-state index contributed by atoms with van der Waals surface area (Å²) in [5, 5.41) is 13.1. The number of likely N-dealkylation sites (tertiary alicyclic amines) is 1. The lowest BCUT2D eigenvalue weighted by atomic mass is 9.74. The highest BCUT2D eigenvalue weighted by atomic mass is 127. The third-order valence-electron chi connectivity index (χ3n) is 5.22. The number of rotatable bonds is 4. The molecule has 0 bridgehead atoms. The maximum atomic E-state index is 13.8. The number of aliphatic hydroxyl groups is 1. The number of nitrogens with one attached hydrogen (secondary N) is 1. The SMILES string of the molecule is CCNC(=NCC1(c2cccc(F)c2)CCOCC1)N1CC[C@@H](O)C1.I. The molecular formula is C19H29FIN3O2. The zero-order chi connectivity index (χ0) is 17.7. The highest BCUT2D eigenvalue weighted by Gasteiger charge is 2.35. The molecule has 2 N–H and O–H groups in total. The maximum absolute atomic E-state index is 13.8. The molecule has 2 saturated heterocycles. The summed E-state index contributed by atoms with van der Waals surface area (Å²) in [7, 11) is 0. The van der Waals surface area contributed by atoms with Crippen LogP contribution in [0.5, 0.6) is 0 Å². The Kier molecular flexibility index (Phi) is 8.09. The van der Waals surface area contributed by atoms with E-state index in [1.807, 2.05) is 13.0 Å². The summed E-state index contributed by atoms with van der Waals surface area (Å²) < 4.78 is 19.3. The second kappa shape index (κ2) is 9.85. The zero-order valence-electron chi connectivity index (χ0n) is 15.3. The number of hydrogen-bond acceptors (Lipinski definition) is 3. The van der Waals surface area contributed by atoms with Gasteiger partial charge in [0.1, 0.15) is 5.82 Å². The van der Waals surface area contributed by atoms with Crippen molar-refractivity contribution >= 4 is 29.9 Å². The van der Waals surface area contributed by atoms with Crippen LogP contribution in [0.15, 0.2) is 29.3 Å². The fourth-order valence-electron chi connectivity index (χ4n) is 3.70. The Morgan fingerprint density at radius 3 is 2.81 bits per heavy atom. The van der Waals surface area contributed by atoms with Crippen molar-refractivity contribution in [2.24, 2.45) is 4.99 Å². The summed E-state index contributed by atoms with van der Waals surface area (Å²) in [6.07, 6.45) is 2.15. The first-order valence-corrected chi connectivity index (χ1v) is 9.18. The molecule has 1 aromatic carbocycles. The van der Waals surface area contributed by atoms with E-state index in [4.69, 9.17) is 9.73 Å². The summed E-state index contributed by atoms with van der Waals surface area (Å²) in [6, 6.07) is 6.88. The molecule has 0 unspecified atom stereocenters. The first kappa shape index (κ1) is 21.4. The van der Waals surface area contributed by atoms with Gasteiger partial charge in [0.25, 0.3) is 0 Å². The molecule has 0 aromatic heterocycles.